The van der Waals surface area contributed by atoms with Crippen molar-refractivity contribution in [3.05, 3.63) is 11.6 Å². The Morgan fingerprint density at radius 3 is 2.80 bits per heavy atom. The van der Waals surface area contributed by atoms with Gasteiger partial charge >= 0.3 is 6.03 Å². The summed E-state index contributed by atoms with van der Waals surface area (Å²) in [6.07, 6.45) is 1.94. The molecule has 2 rings (SSSR count). The maximum atomic E-state index is 11.7. The van der Waals surface area contributed by atoms with E-state index in [-0.39, 0.29) is 18.1 Å². The smallest absolute Gasteiger partial charge is 0.314 e. The zero-order valence-electron chi connectivity index (χ0n) is 8.41. The highest BCUT2D eigenvalue weighted by Gasteiger charge is 2.44. The van der Waals surface area contributed by atoms with E-state index in [1.165, 1.54) is 0 Å². The minimum absolute atomic E-state index is 0.00752. The van der Waals surface area contributed by atoms with Crippen molar-refractivity contribution in [2.24, 2.45) is 0 Å². The number of hydroxylamine groups is 2. The molecule has 84 valence electrons. The lowest BCUT2D eigenvalue weighted by Crippen LogP contribution is -2.36. The van der Waals surface area contributed by atoms with Gasteiger partial charge in [0, 0.05) is 6.04 Å². The third-order valence-electron chi connectivity index (χ3n) is 2.76. The first-order chi connectivity index (χ1) is 7.00. The summed E-state index contributed by atoms with van der Waals surface area (Å²) in [5.74, 6) is 0. The van der Waals surface area contributed by atoms with Crippen LogP contribution in [-0.4, -0.2) is 43.0 Å². The Balaban J connectivity index is 2.30. The number of fused-ring (bicyclic) bond motifs is 2. The Hall–Kier alpha value is -1.08. The molecule has 2 bridgehead atoms. The van der Waals surface area contributed by atoms with E-state index in [2.05, 4.69) is 4.28 Å². The van der Waals surface area contributed by atoms with Crippen molar-refractivity contribution in [1.82, 2.24) is 9.96 Å². The second-order valence-electron chi connectivity index (χ2n) is 3.73. The Morgan fingerprint density at radius 1 is 1.53 bits per heavy atom. The van der Waals surface area contributed by atoms with Gasteiger partial charge in [-0.3, -0.25) is 0 Å². The van der Waals surface area contributed by atoms with Crippen LogP contribution in [0, 0.1) is 0 Å². The van der Waals surface area contributed by atoms with Gasteiger partial charge in [-0.15, -0.1) is 4.28 Å². The van der Waals surface area contributed by atoms with Gasteiger partial charge in [-0.1, -0.05) is 6.08 Å². The number of carbonyl (C=O) groups excluding carboxylic acids is 1. The predicted molar refractivity (Wildman–Crippen MR) is 52.3 cm³/mol. The fourth-order valence-corrected chi connectivity index (χ4v) is 2.34. The Kier molecular flexibility index (Phi) is 2.43. The van der Waals surface area contributed by atoms with E-state index in [0.29, 0.717) is 6.54 Å². The number of rotatable bonds is 2. The van der Waals surface area contributed by atoms with E-state index >= 15 is 0 Å². The van der Waals surface area contributed by atoms with Crippen LogP contribution in [0.2, 0.25) is 0 Å². The number of carbonyl (C=O) groups is 1. The highest BCUT2D eigenvalue weighted by Crippen LogP contribution is 2.29. The molecule has 15 heavy (non-hydrogen) atoms. The van der Waals surface area contributed by atoms with E-state index in [1.807, 2.05) is 19.9 Å². The van der Waals surface area contributed by atoms with Crippen molar-refractivity contribution in [2.75, 3.05) is 6.54 Å². The molecule has 0 aromatic heterocycles. The largest absolute Gasteiger partial charge is 0.346 e. The molecule has 0 aliphatic carbocycles. The van der Waals surface area contributed by atoms with Crippen LogP contribution in [-0.2, 0) is 15.3 Å². The summed E-state index contributed by atoms with van der Waals surface area (Å²) in [6, 6.07) is -0.673. The second-order valence-corrected chi connectivity index (χ2v) is 4.34. The maximum Gasteiger partial charge on any atom is 0.346 e. The summed E-state index contributed by atoms with van der Waals surface area (Å²) < 4.78 is 25.4. The minimum atomic E-state index is -3.04. The number of urea groups is 1. The first kappa shape index (κ1) is 10.4. The van der Waals surface area contributed by atoms with Crippen LogP contribution in [0.15, 0.2) is 11.6 Å². The molecule has 0 aromatic carbocycles. The molecule has 0 saturated carbocycles. The molecule has 0 spiro atoms. The fourth-order valence-electron chi connectivity index (χ4n) is 2.01. The predicted octanol–water partition coefficient (Wildman–Crippen LogP) is -0.101. The van der Waals surface area contributed by atoms with Gasteiger partial charge in [-0.25, -0.2) is 13.2 Å². The lowest BCUT2D eigenvalue weighted by molar-refractivity contribution is -0.00528. The molecule has 0 aromatic rings. The van der Waals surface area contributed by atoms with Gasteiger partial charge in [-0.2, -0.15) is 5.06 Å². The number of hydrogen-bond acceptors (Lipinski definition) is 4. The second kappa shape index (κ2) is 3.49. The van der Waals surface area contributed by atoms with Crippen molar-refractivity contribution < 1.29 is 17.5 Å². The van der Waals surface area contributed by atoms with Crippen LogP contribution in [0.1, 0.15) is 13.8 Å². The SMILES string of the molecule is CC1=C[C@@H](C)N2CC1N(O[SH](=O)=O)C2=O. The lowest BCUT2D eigenvalue weighted by atomic mass is 10.0. The zero-order valence-corrected chi connectivity index (χ0v) is 9.31. The molecule has 7 heteroatoms. The molecule has 6 nitrogen and oxygen atoms in total. The van der Waals surface area contributed by atoms with Crippen molar-refractivity contribution in [1.29, 1.82) is 0 Å². The van der Waals surface area contributed by atoms with Gasteiger partial charge in [0.2, 0.25) is 0 Å². The molecule has 1 saturated heterocycles. The highest BCUT2D eigenvalue weighted by atomic mass is 32.2. The number of thiol groups is 1. The van der Waals surface area contributed by atoms with Gasteiger partial charge < -0.3 is 4.90 Å². The summed E-state index contributed by atoms with van der Waals surface area (Å²) in [4.78, 5) is 13.3. The quantitative estimate of drug-likeness (QED) is 0.533. The molecular weight excluding hydrogens is 220 g/mol. The molecule has 2 atom stereocenters. The van der Waals surface area contributed by atoms with Gasteiger partial charge in [-0.05, 0) is 19.4 Å². The highest BCUT2D eigenvalue weighted by molar-refractivity contribution is 7.67. The van der Waals surface area contributed by atoms with Crippen LogP contribution in [0.3, 0.4) is 0 Å². The first-order valence-corrected chi connectivity index (χ1v) is 5.71. The Bertz CT molecular complexity index is 395. The van der Waals surface area contributed by atoms with Gasteiger partial charge in [0.25, 0.3) is 11.0 Å². The maximum absolute atomic E-state index is 11.7. The van der Waals surface area contributed by atoms with Crippen molar-refractivity contribution in [3.63, 3.8) is 0 Å². The summed E-state index contributed by atoms with van der Waals surface area (Å²) in [6.45, 7) is 4.25. The average molecular weight is 232 g/mol. The minimum Gasteiger partial charge on any atom is -0.314 e. The van der Waals surface area contributed by atoms with Crippen molar-refractivity contribution in [2.45, 2.75) is 25.9 Å². The summed E-state index contributed by atoms with van der Waals surface area (Å²) in [5.41, 5.74) is 0.960. The third-order valence-corrected chi connectivity index (χ3v) is 3.07. The van der Waals surface area contributed by atoms with E-state index in [4.69, 9.17) is 0 Å². The van der Waals surface area contributed by atoms with Crippen LogP contribution >= 0.6 is 0 Å². The van der Waals surface area contributed by atoms with E-state index in [0.717, 1.165) is 10.6 Å². The average Bonchev–Trinajstić information content (AvgIpc) is 2.40. The number of hydrogen-bond donors (Lipinski definition) is 1. The molecule has 0 N–H and O–H groups in total. The van der Waals surface area contributed by atoms with Crippen LogP contribution in [0.4, 0.5) is 4.79 Å². The molecule has 0 radical (unpaired) electrons. The zero-order chi connectivity index (χ0) is 11.2. The van der Waals surface area contributed by atoms with E-state index in [9.17, 15) is 13.2 Å². The Labute approximate surface area is 89.2 Å². The molecule has 2 aliphatic rings. The van der Waals surface area contributed by atoms with Gasteiger partial charge in [0.15, 0.2) is 0 Å². The topological polar surface area (TPSA) is 66.9 Å². The van der Waals surface area contributed by atoms with E-state index in [1.54, 1.807) is 4.90 Å². The molecule has 2 heterocycles. The Morgan fingerprint density at radius 2 is 2.20 bits per heavy atom. The van der Waals surface area contributed by atoms with Gasteiger partial charge in [0.1, 0.15) is 6.04 Å². The summed E-state index contributed by atoms with van der Waals surface area (Å²) >= 11 is 0. The number of amides is 2. The summed E-state index contributed by atoms with van der Waals surface area (Å²) in [5, 5.41) is 0.932. The molecular formula is C8H12N2O4S. The normalized spacial score (nSPS) is 30.1. The van der Waals surface area contributed by atoms with Crippen LogP contribution < -0.4 is 0 Å². The third kappa shape index (κ3) is 1.61. The molecule has 2 amide bonds. The van der Waals surface area contributed by atoms with Crippen molar-refractivity contribution in [3.8, 4) is 0 Å². The molecule has 1 fully saturated rings. The van der Waals surface area contributed by atoms with Gasteiger partial charge in [0.05, 0.1) is 6.54 Å². The lowest BCUT2D eigenvalue weighted by Gasteiger charge is -2.25. The standard InChI is InChI=1S/C8H12N2O4S/c1-5-3-6(2)9-4-7(5)10(8(9)11)14-15(12)13/h3,6-7,15H,4H2,1-2H3/t6-,7?/m1/s1. The first-order valence-electron chi connectivity index (χ1n) is 4.61. The number of nitrogens with zero attached hydrogens (tertiary/aromatic N) is 2. The summed E-state index contributed by atoms with van der Waals surface area (Å²) in [7, 11) is -3.04. The fraction of sp³-hybridized carbons (Fsp3) is 0.625. The van der Waals surface area contributed by atoms with Crippen LogP contribution in [0.5, 0.6) is 0 Å². The monoisotopic (exact) mass is 232 g/mol. The molecule has 2 aliphatic heterocycles. The molecule has 1 unspecified atom stereocenters. The van der Waals surface area contributed by atoms with Crippen LogP contribution in [0.25, 0.3) is 0 Å². The van der Waals surface area contributed by atoms with E-state index < -0.39 is 11.0 Å². The van der Waals surface area contributed by atoms with Crippen molar-refractivity contribution >= 4 is 17.0 Å².